The molecule has 0 saturated carbocycles. The summed E-state index contributed by atoms with van der Waals surface area (Å²) in [6, 6.07) is 0. The van der Waals surface area contributed by atoms with Crippen LogP contribution in [0.2, 0.25) is 0 Å². The van der Waals surface area contributed by atoms with Crippen molar-refractivity contribution in [1.29, 1.82) is 0 Å². The van der Waals surface area contributed by atoms with Gasteiger partial charge in [-0.1, -0.05) is 52.2 Å². The number of hydrogen-bond acceptors (Lipinski definition) is 1. The van der Waals surface area contributed by atoms with Crippen molar-refractivity contribution in [3.8, 4) is 0 Å². The highest BCUT2D eigenvalue weighted by molar-refractivity contribution is 9.09. The van der Waals surface area contributed by atoms with Gasteiger partial charge in [0.2, 0.25) is 0 Å². The number of aliphatic hydroxyl groups is 1. The van der Waals surface area contributed by atoms with E-state index in [0.29, 0.717) is 10.7 Å². The zero-order chi connectivity index (χ0) is 17.0. The second-order valence-electron chi connectivity index (χ2n) is 7.63. The van der Waals surface area contributed by atoms with Gasteiger partial charge >= 0.3 is 0 Å². The lowest BCUT2D eigenvalue weighted by Crippen LogP contribution is -2.40. The quantitative estimate of drug-likeness (QED) is 0.419. The van der Waals surface area contributed by atoms with Crippen LogP contribution in [-0.2, 0) is 0 Å². The van der Waals surface area contributed by atoms with Crippen molar-refractivity contribution in [3.63, 3.8) is 0 Å². The number of hydrogen-bond donors (Lipinski definition) is 1. The summed E-state index contributed by atoms with van der Waals surface area (Å²) in [6.07, 6.45) is 11.6. The number of alkyl halides is 1. The third-order valence-corrected chi connectivity index (χ3v) is 6.74. The number of halogens is 1. The highest BCUT2D eigenvalue weighted by Crippen LogP contribution is 2.50. The van der Waals surface area contributed by atoms with E-state index in [0.717, 1.165) is 25.7 Å². The summed E-state index contributed by atoms with van der Waals surface area (Å²) in [5, 5.41) is 10.3. The van der Waals surface area contributed by atoms with E-state index in [4.69, 9.17) is 0 Å². The Morgan fingerprint density at radius 2 is 2.18 bits per heavy atom. The average Bonchev–Trinajstić information content (AvgIpc) is 2.43. The first-order valence-corrected chi connectivity index (χ1v) is 9.34. The van der Waals surface area contributed by atoms with Crippen molar-refractivity contribution in [2.45, 2.75) is 77.2 Å². The fourth-order valence-corrected chi connectivity index (χ4v) is 4.27. The van der Waals surface area contributed by atoms with E-state index in [2.05, 4.69) is 62.4 Å². The Kier molecular flexibility index (Phi) is 7.14. The molecule has 1 N–H and O–H groups in total. The molecule has 4 atom stereocenters. The molecule has 1 aliphatic rings. The van der Waals surface area contributed by atoms with Gasteiger partial charge in [0, 0.05) is 4.83 Å². The average molecular weight is 369 g/mol. The predicted octanol–water partition coefficient (Wildman–Crippen LogP) is 6.19. The molecule has 0 bridgehead atoms. The molecule has 126 valence electrons. The van der Waals surface area contributed by atoms with E-state index in [-0.39, 0.29) is 5.41 Å². The Morgan fingerprint density at radius 1 is 1.55 bits per heavy atom. The maximum atomic E-state index is 10.3. The van der Waals surface area contributed by atoms with Gasteiger partial charge in [0.15, 0.2) is 0 Å². The van der Waals surface area contributed by atoms with E-state index < -0.39 is 5.60 Å². The minimum atomic E-state index is -0.764. The summed E-state index contributed by atoms with van der Waals surface area (Å²) in [5.41, 5.74) is 2.35. The molecule has 1 rings (SSSR count). The first-order chi connectivity index (χ1) is 10.1. The lowest BCUT2D eigenvalue weighted by molar-refractivity contribution is 0.0790. The summed E-state index contributed by atoms with van der Waals surface area (Å²) >= 11 is 3.94. The van der Waals surface area contributed by atoms with E-state index in [1.54, 1.807) is 6.08 Å². The maximum Gasteiger partial charge on any atom is 0.0797 e. The van der Waals surface area contributed by atoms with Crippen molar-refractivity contribution < 1.29 is 5.11 Å². The molecule has 0 amide bonds. The van der Waals surface area contributed by atoms with Gasteiger partial charge in [0.1, 0.15) is 0 Å². The van der Waals surface area contributed by atoms with Crippen LogP contribution in [0.15, 0.2) is 36.0 Å². The zero-order valence-electron chi connectivity index (χ0n) is 15.0. The van der Waals surface area contributed by atoms with Crippen LogP contribution >= 0.6 is 15.9 Å². The summed E-state index contributed by atoms with van der Waals surface area (Å²) in [6.45, 7) is 14.6. The van der Waals surface area contributed by atoms with Crippen LogP contribution in [0, 0.1) is 11.3 Å². The lowest BCUT2D eigenvalue weighted by atomic mass is 9.63. The molecule has 1 nitrogen and oxygen atoms in total. The molecule has 1 aliphatic carbocycles. The van der Waals surface area contributed by atoms with Gasteiger partial charge in [-0.3, -0.25) is 0 Å². The maximum absolute atomic E-state index is 10.3. The van der Waals surface area contributed by atoms with Gasteiger partial charge in [-0.05, 0) is 71.1 Å². The second kappa shape index (κ2) is 7.97. The van der Waals surface area contributed by atoms with Gasteiger partial charge in [-0.15, -0.1) is 6.58 Å². The number of allylic oxidation sites excluding steroid dienone is 4. The monoisotopic (exact) mass is 368 g/mol. The molecule has 0 heterocycles. The Bertz CT molecular complexity index is 443. The summed E-state index contributed by atoms with van der Waals surface area (Å²) in [4.78, 5) is 0.507. The van der Waals surface area contributed by atoms with Gasteiger partial charge in [0.05, 0.1) is 5.60 Å². The third-order valence-electron chi connectivity index (χ3n) is 5.32. The molecular weight excluding hydrogens is 336 g/mol. The van der Waals surface area contributed by atoms with E-state index >= 15 is 0 Å². The number of rotatable bonds is 7. The Hall–Kier alpha value is -0.340. The third kappa shape index (κ3) is 5.09. The highest BCUT2D eigenvalue weighted by Gasteiger charge is 2.42. The van der Waals surface area contributed by atoms with Crippen molar-refractivity contribution >= 4 is 15.9 Å². The van der Waals surface area contributed by atoms with Crippen LogP contribution in [0.4, 0.5) is 0 Å². The normalized spacial score (nSPS) is 31.1. The van der Waals surface area contributed by atoms with E-state index in [1.807, 2.05) is 6.92 Å². The summed E-state index contributed by atoms with van der Waals surface area (Å²) < 4.78 is 0. The van der Waals surface area contributed by atoms with E-state index in [9.17, 15) is 5.11 Å². The molecule has 0 saturated heterocycles. The van der Waals surface area contributed by atoms with Crippen LogP contribution in [0.25, 0.3) is 0 Å². The van der Waals surface area contributed by atoms with Crippen molar-refractivity contribution in [3.05, 3.63) is 36.0 Å². The van der Waals surface area contributed by atoms with Crippen LogP contribution in [0.5, 0.6) is 0 Å². The standard InChI is InChI=1S/C20H33BrO/c1-7-19(5,22)14-12-17-16(4)10-11-18(21)20(17,6)13-8-9-15(2)3/h7,9-10,17-18,22H,1,8,11-14H2,2-6H3. The molecule has 0 fully saturated rings. The molecule has 4 unspecified atom stereocenters. The molecule has 0 aromatic carbocycles. The van der Waals surface area contributed by atoms with Gasteiger partial charge < -0.3 is 5.11 Å². The SMILES string of the molecule is C=CC(C)(O)CCC1C(C)=CCC(Br)C1(C)CCC=C(C)C. The molecular formula is C20H33BrO. The van der Waals surface area contributed by atoms with E-state index in [1.165, 1.54) is 17.6 Å². The minimum absolute atomic E-state index is 0.238. The molecule has 22 heavy (non-hydrogen) atoms. The lowest BCUT2D eigenvalue weighted by Gasteiger charge is -2.46. The van der Waals surface area contributed by atoms with Crippen LogP contribution < -0.4 is 0 Å². The second-order valence-corrected chi connectivity index (χ2v) is 8.74. The highest BCUT2D eigenvalue weighted by atomic mass is 79.9. The fourth-order valence-electron chi connectivity index (χ4n) is 3.54. The van der Waals surface area contributed by atoms with Crippen molar-refractivity contribution in [2.75, 3.05) is 0 Å². The molecule has 0 aromatic rings. The Balaban J connectivity index is 2.90. The minimum Gasteiger partial charge on any atom is -0.386 e. The first-order valence-electron chi connectivity index (χ1n) is 8.42. The zero-order valence-corrected chi connectivity index (χ0v) is 16.5. The Morgan fingerprint density at radius 3 is 2.73 bits per heavy atom. The largest absolute Gasteiger partial charge is 0.386 e. The van der Waals surface area contributed by atoms with Crippen molar-refractivity contribution in [2.24, 2.45) is 11.3 Å². The molecule has 0 radical (unpaired) electrons. The van der Waals surface area contributed by atoms with Crippen LogP contribution in [0.3, 0.4) is 0 Å². The molecule has 0 aliphatic heterocycles. The summed E-state index contributed by atoms with van der Waals surface area (Å²) in [5.74, 6) is 0.516. The fraction of sp³-hybridized carbons (Fsp3) is 0.700. The Labute approximate surface area is 145 Å². The molecule has 0 spiro atoms. The molecule has 0 aromatic heterocycles. The smallest absolute Gasteiger partial charge is 0.0797 e. The molecule has 2 heteroatoms. The summed E-state index contributed by atoms with van der Waals surface area (Å²) in [7, 11) is 0. The van der Waals surface area contributed by atoms with Crippen LogP contribution in [0.1, 0.15) is 66.7 Å². The predicted molar refractivity (Wildman–Crippen MR) is 101 cm³/mol. The van der Waals surface area contributed by atoms with Gasteiger partial charge in [-0.25, -0.2) is 0 Å². The van der Waals surface area contributed by atoms with Crippen LogP contribution in [-0.4, -0.2) is 15.5 Å². The van der Waals surface area contributed by atoms with Gasteiger partial charge in [0.25, 0.3) is 0 Å². The topological polar surface area (TPSA) is 20.2 Å². The first kappa shape index (κ1) is 19.7. The van der Waals surface area contributed by atoms with Gasteiger partial charge in [-0.2, -0.15) is 0 Å². The van der Waals surface area contributed by atoms with Crippen molar-refractivity contribution in [1.82, 2.24) is 0 Å².